The highest BCUT2D eigenvalue weighted by Gasteiger charge is 2.74. The van der Waals surface area contributed by atoms with Gasteiger partial charge in [-0.1, -0.05) is 66.2 Å². The van der Waals surface area contributed by atoms with E-state index in [2.05, 4.69) is 0 Å². The number of hydrogen-bond acceptors (Lipinski definition) is 9. The lowest BCUT2D eigenvalue weighted by molar-refractivity contribution is -0.549. The van der Waals surface area contributed by atoms with Crippen molar-refractivity contribution in [1.29, 1.82) is 0 Å². The number of aliphatic hydroxyl groups is 6. The lowest BCUT2D eigenvalue weighted by Crippen LogP contribution is -2.92. The minimum absolute atomic E-state index is 0.0631. The maximum absolute atomic E-state index is 11.0. The van der Waals surface area contributed by atoms with E-state index in [-0.39, 0.29) is 24.9 Å². The third-order valence-electron chi connectivity index (χ3n) is 6.84. The Labute approximate surface area is 181 Å². The molecule has 30 heavy (non-hydrogen) atoms. The van der Waals surface area contributed by atoms with Gasteiger partial charge in [-0.15, -0.1) is 0 Å². The van der Waals surface area contributed by atoms with Gasteiger partial charge in [0.1, 0.15) is 0 Å². The van der Waals surface area contributed by atoms with Gasteiger partial charge in [-0.25, -0.2) is 0 Å². The predicted molar refractivity (Wildman–Crippen MR) is 114 cm³/mol. The summed E-state index contributed by atoms with van der Waals surface area (Å²) in [7, 11) is 0. The van der Waals surface area contributed by atoms with Crippen molar-refractivity contribution in [3.8, 4) is 0 Å². The maximum atomic E-state index is 11.0. The van der Waals surface area contributed by atoms with Gasteiger partial charge in [0.2, 0.25) is 0 Å². The second-order valence-electron chi connectivity index (χ2n) is 9.13. The van der Waals surface area contributed by atoms with E-state index in [4.69, 9.17) is 5.73 Å². The van der Waals surface area contributed by atoms with E-state index in [9.17, 15) is 30.6 Å². The van der Waals surface area contributed by atoms with Crippen molar-refractivity contribution in [3.63, 3.8) is 0 Å². The smallest absolute Gasteiger partial charge is 0.300 e. The van der Waals surface area contributed by atoms with Crippen LogP contribution in [-0.4, -0.2) is 76.9 Å². The summed E-state index contributed by atoms with van der Waals surface area (Å²) in [4.78, 5) is 1.36. The molecule has 0 aliphatic carbocycles. The molecule has 0 bridgehead atoms. The second-order valence-corrected chi connectivity index (χ2v) is 9.13. The van der Waals surface area contributed by atoms with Crippen LogP contribution < -0.4 is 5.73 Å². The predicted octanol–water partition coefficient (Wildman–Crippen LogP) is 0.627. The average molecular weight is 436 g/mol. The zero-order valence-corrected chi connectivity index (χ0v) is 19.4. The molecule has 1 aliphatic rings. The molecule has 0 amide bonds. The molecule has 0 aromatic rings. The van der Waals surface area contributed by atoms with Crippen LogP contribution >= 0.6 is 0 Å². The largest absolute Gasteiger partial charge is 0.351 e. The molecule has 9 nitrogen and oxygen atoms in total. The first-order chi connectivity index (χ1) is 13.7. The molecule has 1 fully saturated rings. The van der Waals surface area contributed by atoms with Gasteiger partial charge >= 0.3 is 6.03 Å². The first-order valence-corrected chi connectivity index (χ1v) is 11.4. The molecule has 1 rings (SSSR count). The molecule has 0 aromatic carbocycles. The molecular formula is C21H45N3O6. The Morgan fingerprint density at radius 3 is 1.30 bits per heavy atom. The fourth-order valence-corrected chi connectivity index (χ4v) is 4.20. The Morgan fingerprint density at radius 2 is 1.03 bits per heavy atom. The average Bonchev–Trinajstić information content (AvgIpc) is 2.66. The number of hydrogen-bond donors (Lipinski definition) is 7. The molecule has 0 spiro atoms. The first kappa shape index (κ1) is 27.7. The monoisotopic (exact) mass is 435 g/mol. The van der Waals surface area contributed by atoms with Crippen LogP contribution in [0.15, 0.2) is 0 Å². The molecule has 0 aromatic heterocycles. The summed E-state index contributed by atoms with van der Waals surface area (Å²) < 4.78 is 0. The van der Waals surface area contributed by atoms with Gasteiger partial charge in [0.25, 0.3) is 11.8 Å². The number of nitrogens with zero attached hydrogens (tertiary/aromatic N) is 2. The molecule has 180 valence electrons. The van der Waals surface area contributed by atoms with Crippen LogP contribution in [0.4, 0.5) is 0 Å². The van der Waals surface area contributed by atoms with Crippen LogP contribution in [0.1, 0.15) is 86.0 Å². The van der Waals surface area contributed by atoms with Crippen molar-refractivity contribution in [2.24, 2.45) is 17.6 Å². The van der Waals surface area contributed by atoms with Crippen LogP contribution in [0, 0.1) is 11.8 Å². The highest BCUT2D eigenvalue weighted by atomic mass is 16.6. The van der Waals surface area contributed by atoms with E-state index >= 15 is 0 Å². The standard InChI is InChI=1S/C21H45N3O6/c1-6-10-12-16(8-3)14-23-19(25,26)18(5,22)20(27,28)24(21(23,29)30)15-17(9-4)13-11-7-2/h16-17,25-30H,6-15,22H2,1-5H3. The van der Waals surface area contributed by atoms with Crippen LogP contribution in [0.3, 0.4) is 0 Å². The van der Waals surface area contributed by atoms with Crippen molar-refractivity contribution in [2.45, 2.75) is 109 Å². The highest BCUT2D eigenvalue weighted by Crippen LogP contribution is 2.45. The normalized spacial score (nSPS) is 28.4. The molecular weight excluding hydrogens is 390 g/mol. The molecule has 9 heteroatoms. The zero-order valence-electron chi connectivity index (χ0n) is 19.4. The van der Waals surface area contributed by atoms with Crippen LogP contribution in [0.25, 0.3) is 0 Å². The Bertz CT molecular complexity index is 485. The van der Waals surface area contributed by atoms with Gasteiger partial charge in [0, 0.05) is 13.1 Å². The third-order valence-corrected chi connectivity index (χ3v) is 6.84. The molecule has 1 aliphatic heterocycles. The number of unbranched alkanes of at least 4 members (excludes halogenated alkanes) is 2. The summed E-state index contributed by atoms with van der Waals surface area (Å²) in [6.07, 6.45) is 6.60. The number of rotatable bonds is 12. The lowest BCUT2D eigenvalue weighted by atomic mass is 9.85. The van der Waals surface area contributed by atoms with Gasteiger partial charge in [-0.05, 0) is 31.6 Å². The fourth-order valence-electron chi connectivity index (χ4n) is 4.20. The molecule has 2 unspecified atom stereocenters. The van der Waals surface area contributed by atoms with Crippen LogP contribution in [-0.2, 0) is 0 Å². The van der Waals surface area contributed by atoms with Gasteiger partial charge in [0.15, 0.2) is 5.54 Å². The highest BCUT2D eigenvalue weighted by molar-refractivity contribution is 5.09. The quantitative estimate of drug-likeness (QED) is 0.219. The topological polar surface area (TPSA) is 154 Å². The van der Waals surface area contributed by atoms with E-state index in [1.807, 2.05) is 27.7 Å². The van der Waals surface area contributed by atoms with E-state index in [0.29, 0.717) is 22.6 Å². The first-order valence-electron chi connectivity index (χ1n) is 11.4. The maximum Gasteiger partial charge on any atom is 0.300 e. The SMILES string of the molecule is CCCCC(CC)CN1C(O)(O)N(CC(CC)CCCC)C(O)(O)C(C)(N)C1(O)O. The summed E-state index contributed by atoms with van der Waals surface area (Å²) in [5.41, 5.74) is 3.65. The summed E-state index contributed by atoms with van der Waals surface area (Å²) in [5.74, 6) is -6.29. The molecule has 8 N–H and O–H groups in total. The van der Waals surface area contributed by atoms with Crippen molar-refractivity contribution < 1.29 is 30.6 Å². The Kier molecular flexibility index (Phi) is 9.69. The molecule has 2 atom stereocenters. The zero-order chi connectivity index (χ0) is 23.4. The Hall–Kier alpha value is -0.360. The summed E-state index contributed by atoms with van der Waals surface area (Å²) in [6, 6.07) is -3.02. The molecule has 0 saturated carbocycles. The van der Waals surface area contributed by atoms with Crippen molar-refractivity contribution in [3.05, 3.63) is 0 Å². The van der Waals surface area contributed by atoms with Crippen molar-refractivity contribution in [2.75, 3.05) is 13.1 Å². The molecule has 1 saturated heterocycles. The van der Waals surface area contributed by atoms with E-state index < -0.39 is 23.4 Å². The van der Waals surface area contributed by atoms with Crippen molar-refractivity contribution >= 4 is 0 Å². The van der Waals surface area contributed by atoms with Gasteiger partial charge < -0.3 is 36.4 Å². The van der Waals surface area contributed by atoms with Gasteiger partial charge in [0.05, 0.1) is 0 Å². The number of nitrogens with two attached hydrogens (primary N) is 1. The summed E-state index contributed by atoms with van der Waals surface area (Å²) in [6.45, 7) is 8.90. The van der Waals surface area contributed by atoms with E-state index in [1.165, 1.54) is 0 Å². The van der Waals surface area contributed by atoms with Gasteiger partial charge in [-0.2, -0.15) is 9.80 Å². The fraction of sp³-hybridized carbons (Fsp3) is 1.00. The minimum atomic E-state index is -3.08. The second kappa shape index (κ2) is 10.5. The Morgan fingerprint density at radius 1 is 0.700 bits per heavy atom. The van der Waals surface area contributed by atoms with Crippen molar-refractivity contribution in [1.82, 2.24) is 9.80 Å². The molecule has 0 radical (unpaired) electrons. The van der Waals surface area contributed by atoms with E-state index in [1.54, 1.807) is 0 Å². The van der Waals surface area contributed by atoms with E-state index in [0.717, 1.165) is 45.4 Å². The third kappa shape index (κ3) is 5.16. The van der Waals surface area contributed by atoms with Crippen LogP contribution in [0.2, 0.25) is 0 Å². The lowest BCUT2D eigenvalue weighted by Gasteiger charge is -2.63. The summed E-state index contributed by atoms with van der Waals surface area (Å²) in [5, 5.41) is 65.5. The van der Waals surface area contributed by atoms with Crippen LogP contribution in [0.5, 0.6) is 0 Å². The minimum Gasteiger partial charge on any atom is -0.351 e. The Balaban J connectivity index is 3.36. The van der Waals surface area contributed by atoms with Gasteiger partial charge in [-0.3, -0.25) is 0 Å². The summed E-state index contributed by atoms with van der Waals surface area (Å²) >= 11 is 0. The molecule has 1 heterocycles.